The van der Waals surface area contributed by atoms with Crippen LogP contribution in [0.4, 0.5) is 4.79 Å². The highest BCUT2D eigenvalue weighted by Gasteiger charge is 2.37. The molecule has 2 atom stereocenters. The van der Waals surface area contributed by atoms with Crippen LogP contribution in [-0.2, 0) is 14.3 Å². The van der Waals surface area contributed by atoms with Crippen LogP contribution in [-0.4, -0.2) is 57.9 Å². The second-order valence-electron chi connectivity index (χ2n) is 9.31. The monoisotopic (exact) mass is 479 g/mol. The largest absolute Gasteiger partial charge is 0.508 e. The molecule has 184 valence electrons. The highest BCUT2D eigenvalue weighted by molar-refractivity contribution is 7.80. The number of phenols is 1. The van der Waals surface area contributed by atoms with E-state index in [4.69, 9.17) is 4.74 Å². The van der Waals surface area contributed by atoms with E-state index in [9.17, 15) is 19.5 Å². The number of carbonyl (C=O) groups excluding carboxylic acids is 3. The minimum absolute atomic E-state index is 0.0202. The summed E-state index contributed by atoms with van der Waals surface area (Å²) in [4.78, 5) is 40.6. The summed E-state index contributed by atoms with van der Waals surface area (Å²) < 4.78 is 5.27. The lowest BCUT2D eigenvalue weighted by Gasteiger charge is -2.35. The van der Waals surface area contributed by atoms with Gasteiger partial charge in [0.2, 0.25) is 11.8 Å². The summed E-state index contributed by atoms with van der Waals surface area (Å²) >= 11 is 4.24. The Hall–Kier alpha value is -2.42. The molecule has 1 aromatic carbocycles. The van der Waals surface area contributed by atoms with Crippen molar-refractivity contribution in [2.75, 3.05) is 12.3 Å². The van der Waals surface area contributed by atoms with Crippen LogP contribution in [0.3, 0.4) is 0 Å². The average molecular weight is 480 g/mol. The van der Waals surface area contributed by atoms with Crippen LogP contribution < -0.4 is 10.6 Å². The highest BCUT2D eigenvalue weighted by Crippen LogP contribution is 2.30. The maximum atomic E-state index is 13.5. The first kappa shape index (κ1) is 26.8. The molecule has 1 aliphatic rings. The second kappa shape index (κ2) is 12.2. The fourth-order valence-electron chi connectivity index (χ4n) is 4.00. The van der Waals surface area contributed by atoms with Crippen molar-refractivity contribution in [3.05, 3.63) is 29.8 Å². The van der Waals surface area contributed by atoms with Crippen molar-refractivity contribution >= 4 is 30.5 Å². The van der Waals surface area contributed by atoms with E-state index in [0.29, 0.717) is 5.56 Å². The molecule has 8 nitrogen and oxygen atoms in total. The van der Waals surface area contributed by atoms with Crippen molar-refractivity contribution in [1.29, 1.82) is 0 Å². The predicted molar refractivity (Wildman–Crippen MR) is 130 cm³/mol. The first-order valence-electron chi connectivity index (χ1n) is 11.6. The third kappa shape index (κ3) is 7.84. The molecular formula is C24H37N3O5S. The van der Waals surface area contributed by atoms with E-state index in [2.05, 4.69) is 23.3 Å². The van der Waals surface area contributed by atoms with Gasteiger partial charge in [-0.25, -0.2) is 4.79 Å². The summed E-state index contributed by atoms with van der Waals surface area (Å²) in [6.07, 6.45) is 4.28. The number of hydrogen-bond donors (Lipinski definition) is 4. The van der Waals surface area contributed by atoms with Crippen molar-refractivity contribution in [3.8, 4) is 5.75 Å². The molecule has 1 aliphatic carbocycles. The zero-order valence-corrected chi connectivity index (χ0v) is 20.9. The summed E-state index contributed by atoms with van der Waals surface area (Å²) in [5.41, 5.74) is -0.395. The Morgan fingerprint density at radius 2 is 1.82 bits per heavy atom. The average Bonchev–Trinajstić information content (AvgIpc) is 2.75. The minimum Gasteiger partial charge on any atom is -0.508 e. The molecule has 0 heterocycles. The van der Waals surface area contributed by atoms with Crippen molar-refractivity contribution in [1.82, 2.24) is 15.5 Å². The van der Waals surface area contributed by atoms with Crippen LogP contribution in [0.15, 0.2) is 24.3 Å². The normalized spacial score (nSPS) is 16.4. The number of para-hydroxylation sites is 1. The summed E-state index contributed by atoms with van der Waals surface area (Å²) in [6.45, 7) is 7.13. The Morgan fingerprint density at radius 1 is 1.18 bits per heavy atom. The molecule has 0 aliphatic heterocycles. The van der Waals surface area contributed by atoms with Crippen LogP contribution in [0, 0.1) is 0 Å². The van der Waals surface area contributed by atoms with Gasteiger partial charge in [-0.3, -0.25) is 9.59 Å². The molecule has 0 aromatic heterocycles. The SMILES string of the molecule is CCN(C(=O)C(CS)NC(=O)OC(C)(C)C)C(C(=O)NC1CCCCC1)c1ccccc1O. The molecule has 3 amide bonds. The van der Waals surface area contributed by atoms with Gasteiger partial charge in [0.1, 0.15) is 23.4 Å². The molecule has 2 rings (SSSR count). The van der Waals surface area contributed by atoms with Gasteiger partial charge in [0, 0.05) is 23.9 Å². The first-order chi connectivity index (χ1) is 15.6. The Balaban J connectivity index is 2.31. The lowest BCUT2D eigenvalue weighted by atomic mass is 9.94. The topological polar surface area (TPSA) is 108 Å². The zero-order chi connectivity index (χ0) is 24.6. The molecule has 0 radical (unpaired) electrons. The molecule has 1 fully saturated rings. The van der Waals surface area contributed by atoms with E-state index in [1.807, 2.05) is 0 Å². The Labute approximate surface area is 201 Å². The summed E-state index contributed by atoms with van der Waals surface area (Å²) in [7, 11) is 0. The van der Waals surface area contributed by atoms with Crippen molar-refractivity contribution in [2.24, 2.45) is 0 Å². The third-order valence-electron chi connectivity index (χ3n) is 5.54. The van der Waals surface area contributed by atoms with Gasteiger partial charge in [-0.15, -0.1) is 0 Å². The summed E-state index contributed by atoms with van der Waals surface area (Å²) in [6, 6.07) is 4.48. The van der Waals surface area contributed by atoms with E-state index < -0.39 is 29.7 Å². The fraction of sp³-hybridized carbons (Fsp3) is 0.625. The Kier molecular flexibility index (Phi) is 9.88. The van der Waals surface area contributed by atoms with Gasteiger partial charge in [0.15, 0.2) is 0 Å². The number of nitrogens with one attached hydrogen (secondary N) is 2. The van der Waals surface area contributed by atoms with Gasteiger partial charge in [0.05, 0.1) is 0 Å². The molecule has 0 saturated heterocycles. The van der Waals surface area contributed by atoms with Gasteiger partial charge in [-0.2, -0.15) is 12.6 Å². The number of likely N-dealkylation sites (N-methyl/N-ethyl adjacent to an activating group) is 1. The second-order valence-corrected chi connectivity index (χ2v) is 9.68. The fourth-order valence-corrected chi connectivity index (χ4v) is 4.25. The van der Waals surface area contributed by atoms with E-state index >= 15 is 0 Å². The number of amides is 3. The molecule has 1 aromatic rings. The maximum absolute atomic E-state index is 13.5. The molecular weight excluding hydrogens is 442 g/mol. The predicted octanol–water partition coefficient (Wildman–Crippen LogP) is 3.55. The number of carbonyl (C=O) groups is 3. The smallest absolute Gasteiger partial charge is 0.408 e. The van der Waals surface area contributed by atoms with Crippen LogP contribution in [0.1, 0.15) is 71.4 Å². The van der Waals surface area contributed by atoms with Crippen LogP contribution in [0.25, 0.3) is 0 Å². The van der Waals surface area contributed by atoms with Crippen LogP contribution in [0.5, 0.6) is 5.75 Å². The lowest BCUT2D eigenvalue weighted by molar-refractivity contribution is -0.142. The number of alkyl carbamates (subject to hydrolysis) is 1. The number of benzene rings is 1. The standard InChI is InChI=1S/C24H37N3O5S/c1-5-27(22(30)18(15-33)26-23(31)32-24(2,3)4)20(17-13-9-10-14-19(17)28)21(29)25-16-11-7-6-8-12-16/h9-10,13-14,16,18,20,28,33H,5-8,11-12,15H2,1-4H3,(H,25,29)(H,26,31). The van der Waals surface area contributed by atoms with Crippen molar-refractivity contribution in [3.63, 3.8) is 0 Å². The van der Waals surface area contributed by atoms with Crippen LogP contribution in [0.2, 0.25) is 0 Å². The molecule has 33 heavy (non-hydrogen) atoms. The van der Waals surface area contributed by atoms with E-state index in [-0.39, 0.29) is 30.0 Å². The maximum Gasteiger partial charge on any atom is 0.408 e. The number of hydrogen-bond acceptors (Lipinski definition) is 6. The van der Waals surface area contributed by atoms with Gasteiger partial charge in [0.25, 0.3) is 0 Å². The molecule has 3 N–H and O–H groups in total. The number of aromatic hydroxyl groups is 1. The lowest BCUT2D eigenvalue weighted by Crippen LogP contribution is -2.54. The van der Waals surface area contributed by atoms with Crippen LogP contribution >= 0.6 is 12.6 Å². The number of nitrogens with zero attached hydrogens (tertiary/aromatic N) is 1. The van der Waals surface area contributed by atoms with E-state index in [1.165, 1.54) is 11.0 Å². The number of ether oxygens (including phenoxy) is 1. The van der Waals surface area contributed by atoms with Crippen molar-refractivity contribution in [2.45, 2.75) is 83.5 Å². The van der Waals surface area contributed by atoms with E-state index in [0.717, 1.165) is 32.1 Å². The first-order valence-corrected chi connectivity index (χ1v) is 12.2. The molecule has 0 spiro atoms. The van der Waals surface area contributed by atoms with Gasteiger partial charge in [-0.1, -0.05) is 37.5 Å². The summed E-state index contributed by atoms with van der Waals surface area (Å²) in [5.74, 6) is -0.888. The minimum atomic E-state index is -1.05. The number of phenolic OH excluding ortho intramolecular Hbond substituents is 1. The van der Waals surface area contributed by atoms with Gasteiger partial charge in [-0.05, 0) is 46.6 Å². The zero-order valence-electron chi connectivity index (χ0n) is 20.0. The number of rotatable bonds is 8. The molecule has 9 heteroatoms. The Bertz CT molecular complexity index is 821. The molecule has 0 bridgehead atoms. The van der Waals surface area contributed by atoms with Gasteiger partial charge >= 0.3 is 6.09 Å². The van der Waals surface area contributed by atoms with Crippen molar-refractivity contribution < 1.29 is 24.2 Å². The van der Waals surface area contributed by atoms with E-state index in [1.54, 1.807) is 45.9 Å². The molecule has 2 unspecified atom stereocenters. The molecule has 1 saturated carbocycles. The van der Waals surface area contributed by atoms with Gasteiger partial charge < -0.3 is 25.4 Å². The summed E-state index contributed by atoms with van der Waals surface area (Å²) in [5, 5.41) is 16.1. The number of thiol groups is 1. The third-order valence-corrected chi connectivity index (χ3v) is 5.90. The highest BCUT2D eigenvalue weighted by atomic mass is 32.1. The quantitative estimate of drug-likeness (QED) is 0.427. The Morgan fingerprint density at radius 3 is 2.36 bits per heavy atom.